The Balaban J connectivity index is 1.69. The first-order chi connectivity index (χ1) is 15.6. The quantitative estimate of drug-likeness (QED) is 0.471. The van der Waals surface area contributed by atoms with Crippen molar-refractivity contribution >= 4 is 17.5 Å². The Kier molecular flexibility index (Phi) is 9.20. The molecule has 0 aliphatic heterocycles. The molecule has 3 rings (SSSR count). The number of carbonyl (C=O) groups excluding carboxylic acids is 1. The van der Waals surface area contributed by atoms with E-state index >= 15 is 0 Å². The molecule has 5 nitrogen and oxygen atoms in total. The van der Waals surface area contributed by atoms with Crippen LogP contribution in [0.25, 0.3) is 0 Å². The topological polar surface area (TPSA) is 58.1 Å². The molecule has 0 fully saturated rings. The van der Waals surface area contributed by atoms with Crippen LogP contribution in [-0.4, -0.2) is 47.0 Å². The number of amides is 1. The molecule has 0 saturated heterocycles. The second-order valence-electron chi connectivity index (χ2n) is 8.06. The van der Waals surface area contributed by atoms with E-state index in [9.17, 15) is 4.79 Å². The first-order valence-corrected chi connectivity index (χ1v) is 11.4. The molecule has 2 heterocycles. The summed E-state index contributed by atoms with van der Waals surface area (Å²) in [6.45, 7) is 0. The molecule has 0 spiro atoms. The van der Waals surface area contributed by atoms with Crippen molar-refractivity contribution in [1.29, 1.82) is 0 Å². The fourth-order valence-electron chi connectivity index (χ4n) is 3.89. The second kappa shape index (κ2) is 12.3. The van der Waals surface area contributed by atoms with Gasteiger partial charge in [0.25, 0.3) is 0 Å². The lowest BCUT2D eigenvalue weighted by molar-refractivity contribution is -0.134. The summed E-state index contributed by atoms with van der Waals surface area (Å²) in [6.07, 6.45) is 11.5. The molecule has 0 aliphatic carbocycles. The van der Waals surface area contributed by atoms with Crippen molar-refractivity contribution in [3.05, 3.63) is 95.0 Å². The van der Waals surface area contributed by atoms with Gasteiger partial charge in [-0.3, -0.25) is 14.8 Å². The molecule has 0 aliphatic rings. The highest BCUT2D eigenvalue weighted by molar-refractivity contribution is 6.30. The number of carbonyl (C=O) groups is 1. The monoisotopic (exact) mass is 450 g/mol. The molecular formula is C26H31ClN4O. The summed E-state index contributed by atoms with van der Waals surface area (Å²) in [5.41, 5.74) is 3.56. The molecule has 1 amide bonds. The Labute approximate surface area is 195 Å². The Bertz CT molecular complexity index is 907. The number of likely N-dealkylation sites (N-methyl/N-ethyl adjacent to an activating group) is 2. The maximum atomic E-state index is 13.4. The lowest BCUT2D eigenvalue weighted by Crippen LogP contribution is -2.49. The van der Waals surface area contributed by atoms with Crippen LogP contribution in [0, 0.1) is 0 Å². The molecule has 1 N–H and O–H groups in total. The van der Waals surface area contributed by atoms with Crippen LogP contribution >= 0.6 is 11.6 Å². The van der Waals surface area contributed by atoms with Crippen molar-refractivity contribution in [2.45, 2.75) is 44.2 Å². The highest BCUT2D eigenvalue weighted by Crippen LogP contribution is 2.18. The molecule has 0 saturated carbocycles. The number of nitrogens with one attached hydrogen (secondary N) is 1. The Morgan fingerprint density at radius 2 is 1.38 bits per heavy atom. The minimum Gasteiger partial charge on any atom is -0.341 e. The molecule has 1 atom stereocenters. The average molecular weight is 451 g/mol. The van der Waals surface area contributed by atoms with E-state index in [0.29, 0.717) is 11.4 Å². The lowest BCUT2D eigenvalue weighted by Gasteiger charge is -2.32. The summed E-state index contributed by atoms with van der Waals surface area (Å²) >= 11 is 6.01. The normalized spacial score (nSPS) is 12.0. The van der Waals surface area contributed by atoms with Crippen LogP contribution in [0.3, 0.4) is 0 Å². The van der Waals surface area contributed by atoms with Gasteiger partial charge in [-0.15, -0.1) is 0 Å². The number of hydrogen-bond donors (Lipinski definition) is 1. The number of aromatic nitrogens is 2. The molecule has 168 valence electrons. The number of hydrogen-bond acceptors (Lipinski definition) is 4. The largest absolute Gasteiger partial charge is 0.341 e. The summed E-state index contributed by atoms with van der Waals surface area (Å²) in [5.74, 6) is 0.108. The molecule has 2 aromatic heterocycles. The van der Waals surface area contributed by atoms with Crippen LogP contribution < -0.4 is 5.32 Å². The van der Waals surface area contributed by atoms with Crippen LogP contribution in [0.2, 0.25) is 5.02 Å². The van der Waals surface area contributed by atoms with E-state index in [4.69, 9.17) is 11.6 Å². The van der Waals surface area contributed by atoms with E-state index in [2.05, 4.69) is 15.3 Å². The van der Waals surface area contributed by atoms with E-state index in [1.807, 2.05) is 92.3 Å². The van der Waals surface area contributed by atoms with Crippen molar-refractivity contribution in [3.8, 4) is 0 Å². The molecule has 1 unspecified atom stereocenters. The number of pyridine rings is 2. The Hall–Kier alpha value is -2.76. The maximum absolute atomic E-state index is 13.4. The summed E-state index contributed by atoms with van der Waals surface area (Å²) in [4.78, 5) is 23.6. The van der Waals surface area contributed by atoms with Gasteiger partial charge in [-0.1, -0.05) is 23.7 Å². The summed E-state index contributed by atoms with van der Waals surface area (Å²) in [5, 5.41) is 3.91. The minimum absolute atomic E-state index is 0.108. The third kappa shape index (κ3) is 7.14. The predicted molar refractivity (Wildman–Crippen MR) is 130 cm³/mol. The molecule has 0 radical (unpaired) electrons. The highest BCUT2D eigenvalue weighted by atomic mass is 35.5. The van der Waals surface area contributed by atoms with E-state index in [0.717, 1.165) is 31.2 Å². The standard InChI is InChI=1S/C26H31ClN4O/c1-28-25(19-22-3-7-23(27)8-4-22)26(32)31(2)24(9-5-20-11-15-29-16-12-20)10-6-21-13-17-30-18-14-21/h3-4,7-8,11-18,24-25,28H,5-6,9-10,19H2,1-2H3. The summed E-state index contributed by atoms with van der Waals surface area (Å²) < 4.78 is 0. The van der Waals surface area contributed by atoms with E-state index in [1.54, 1.807) is 0 Å². The second-order valence-corrected chi connectivity index (χ2v) is 8.50. The van der Waals surface area contributed by atoms with Gasteiger partial charge in [-0.05, 0) is 92.2 Å². The van der Waals surface area contributed by atoms with Crippen molar-refractivity contribution in [2.24, 2.45) is 0 Å². The number of aryl methyl sites for hydroxylation is 2. The van der Waals surface area contributed by atoms with E-state index in [-0.39, 0.29) is 18.0 Å². The highest BCUT2D eigenvalue weighted by Gasteiger charge is 2.26. The molecule has 1 aromatic carbocycles. The molecule has 3 aromatic rings. The van der Waals surface area contributed by atoms with Gasteiger partial charge in [-0.2, -0.15) is 0 Å². The molecule has 32 heavy (non-hydrogen) atoms. The van der Waals surface area contributed by atoms with Crippen molar-refractivity contribution < 1.29 is 4.79 Å². The zero-order chi connectivity index (χ0) is 22.8. The fourth-order valence-corrected chi connectivity index (χ4v) is 4.02. The minimum atomic E-state index is -0.287. The van der Waals surface area contributed by atoms with Crippen molar-refractivity contribution in [1.82, 2.24) is 20.2 Å². The third-order valence-corrected chi connectivity index (χ3v) is 6.18. The van der Waals surface area contributed by atoms with Gasteiger partial charge < -0.3 is 10.2 Å². The zero-order valence-corrected chi connectivity index (χ0v) is 19.5. The third-order valence-electron chi connectivity index (χ3n) is 5.93. The number of benzene rings is 1. The van der Waals surface area contributed by atoms with Gasteiger partial charge in [0.2, 0.25) is 5.91 Å². The van der Waals surface area contributed by atoms with Gasteiger partial charge in [-0.25, -0.2) is 0 Å². The van der Waals surface area contributed by atoms with Gasteiger partial charge in [0, 0.05) is 42.9 Å². The zero-order valence-electron chi connectivity index (χ0n) is 18.7. The van der Waals surface area contributed by atoms with Crippen LogP contribution in [0.4, 0.5) is 0 Å². The first kappa shape index (κ1) is 23.9. The first-order valence-electron chi connectivity index (χ1n) is 11.0. The van der Waals surface area contributed by atoms with Gasteiger partial charge in [0.05, 0.1) is 6.04 Å². The van der Waals surface area contributed by atoms with Gasteiger partial charge >= 0.3 is 0 Å². The molecule has 6 heteroatoms. The van der Waals surface area contributed by atoms with Gasteiger partial charge in [0.15, 0.2) is 0 Å². The summed E-state index contributed by atoms with van der Waals surface area (Å²) in [6, 6.07) is 15.7. The Morgan fingerprint density at radius 1 is 0.875 bits per heavy atom. The fraction of sp³-hybridized carbons (Fsp3) is 0.346. The van der Waals surface area contributed by atoms with Crippen LogP contribution in [0.15, 0.2) is 73.3 Å². The molecule has 0 bridgehead atoms. The SMILES string of the molecule is CNC(Cc1ccc(Cl)cc1)C(=O)N(C)C(CCc1ccncc1)CCc1ccncc1. The van der Waals surface area contributed by atoms with Crippen molar-refractivity contribution in [3.63, 3.8) is 0 Å². The molecular weight excluding hydrogens is 420 g/mol. The van der Waals surface area contributed by atoms with Crippen LogP contribution in [0.1, 0.15) is 29.5 Å². The lowest BCUT2D eigenvalue weighted by atomic mass is 9.97. The van der Waals surface area contributed by atoms with Gasteiger partial charge in [0.1, 0.15) is 0 Å². The predicted octanol–water partition coefficient (Wildman–Crippen LogP) is 4.35. The van der Waals surface area contributed by atoms with E-state index in [1.165, 1.54) is 11.1 Å². The average Bonchev–Trinajstić information content (AvgIpc) is 2.84. The van der Waals surface area contributed by atoms with Crippen LogP contribution in [-0.2, 0) is 24.1 Å². The number of halogens is 1. The smallest absolute Gasteiger partial charge is 0.240 e. The maximum Gasteiger partial charge on any atom is 0.240 e. The summed E-state index contributed by atoms with van der Waals surface area (Å²) in [7, 11) is 3.77. The van der Waals surface area contributed by atoms with E-state index < -0.39 is 0 Å². The van der Waals surface area contributed by atoms with Crippen molar-refractivity contribution in [2.75, 3.05) is 14.1 Å². The Morgan fingerprint density at radius 3 is 1.84 bits per heavy atom. The number of nitrogens with zero attached hydrogens (tertiary/aromatic N) is 3. The van der Waals surface area contributed by atoms with Crippen LogP contribution in [0.5, 0.6) is 0 Å². The number of rotatable bonds is 11.